The molecule has 2 aromatic rings. The van der Waals surface area contributed by atoms with E-state index < -0.39 is 0 Å². The number of aryl methyl sites for hydroxylation is 1. The summed E-state index contributed by atoms with van der Waals surface area (Å²) >= 11 is 0. The molecule has 4 nitrogen and oxygen atoms in total. The smallest absolute Gasteiger partial charge is 0.122 e. The van der Waals surface area contributed by atoms with Gasteiger partial charge in [-0.2, -0.15) is 0 Å². The van der Waals surface area contributed by atoms with Crippen LogP contribution in [0.3, 0.4) is 0 Å². The molecule has 0 radical (unpaired) electrons. The third-order valence-corrected chi connectivity index (χ3v) is 4.24. The Kier molecular flexibility index (Phi) is 4.18. The first kappa shape index (κ1) is 14.0. The zero-order valence-electron chi connectivity index (χ0n) is 12.3. The van der Waals surface area contributed by atoms with E-state index in [-0.39, 0.29) is 6.04 Å². The van der Waals surface area contributed by atoms with E-state index in [1.165, 1.54) is 16.7 Å². The maximum absolute atomic E-state index is 5.81. The van der Waals surface area contributed by atoms with Crippen LogP contribution in [0.4, 0.5) is 0 Å². The number of benzene rings is 1. The Balaban J connectivity index is 1.84. The van der Waals surface area contributed by atoms with E-state index in [4.69, 9.17) is 10.6 Å². The summed E-state index contributed by atoms with van der Waals surface area (Å²) in [5, 5.41) is 0. The molecule has 2 atom stereocenters. The van der Waals surface area contributed by atoms with Gasteiger partial charge in [-0.1, -0.05) is 18.2 Å². The van der Waals surface area contributed by atoms with E-state index in [0.29, 0.717) is 5.92 Å². The van der Waals surface area contributed by atoms with Crippen LogP contribution in [0.2, 0.25) is 0 Å². The van der Waals surface area contributed by atoms with Crippen molar-refractivity contribution in [2.24, 2.45) is 5.84 Å². The van der Waals surface area contributed by atoms with Crippen LogP contribution in [-0.2, 0) is 0 Å². The first-order valence-corrected chi connectivity index (χ1v) is 7.38. The largest absolute Gasteiger partial charge is 0.493 e. The third kappa shape index (κ3) is 2.91. The number of fused-ring (bicyclic) bond motifs is 1. The Morgan fingerprint density at radius 3 is 3.05 bits per heavy atom. The Morgan fingerprint density at radius 1 is 1.38 bits per heavy atom. The Bertz CT molecular complexity index is 614. The lowest BCUT2D eigenvalue weighted by atomic mass is 9.85. The number of nitrogens with zero attached hydrogens (tertiary/aromatic N) is 1. The van der Waals surface area contributed by atoms with E-state index in [1.54, 1.807) is 0 Å². The minimum absolute atomic E-state index is 0.129. The van der Waals surface area contributed by atoms with Crippen LogP contribution in [0.15, 0.2) is 42.7 Å². The van der Waals surface area contributed by atoms with Gasteiger partial charge in [0, 0.05) is 18.4 Å². The number of hydrogen-bond acceptors (Lipinski definition) is 4. The maximum atomic E-state index is 5.81. The lowest BCUT2D eigenvalue weighted by Gasteiger charge is -2.29. The fourth-order valence-electron chi connectivity index (χ4n) is 3.11. The molecule has 0 saturated heterocycles. The molecule has 1 aliphatic heterocycles. The van der Waals surface area contributed by atoms with Crippen LogP contribution in [-0.4, -0.2) is 11.6 Å². The molecule has 1 aliphatic rings. The number of nitrogens with one attached hydrogen (secondary N) is 1. The van der Waals surface area contributed by atoms with Gasteiger partial charge in [0.1, 0.15) is 5.75 Å². The van der Waals surface area contributed by atoms with Crippen LogP contribution in [0.25, 0.3) is 0 Å². The molecule has 0 spiro atoms. The van der Waals surface area contributed by atoms with Crippen molar-refractivity contribution in [1.29, 1.82) is 0 Å². The monoisotopic (exact) mass is 283 g/mol. The number of ether oxygens (including phenoxy) is 1. The molecule has 3 N–H and O–H groups in total. The number of hydrazine groups is 1. The van der Waals surface area contributed by atoms with Crippen molar-refractivity contribution >= 4 is 0 Å². The average Bonchev–Trinajstić information content (AvgIpc) is 2.53. The maximum Gasteiger partial charge on any atom is 0.122 e. The van der Waals surface area contributed by atoms with Crippen LogP contribution < -0.4 is 16.0 Å². The summed E-state index contributed by atoms with van der Waals surface area (Å²) in [5.41, 5.74) is 6.64. The van der Waals surface area contributed by atoms with Crippen LogP contribution in [0.1, 0.15) is 41.5 Å². The van der Waals surface area contributed by atoms with Crippen LogP contribution >= 0.6 is 0 Å². The second-order valence-corrected chi connectivity index (χ2v) is 5.56. The second-order valence-electron chi connectivity index (χ2n) is 5.56. The molecule has 0 saturated carbocycles. The quantitative estimate of drug-likeness (QED) is 0.669. The lowest BCUT2D eigenvalue weighted by Crippen LogP contribution is -2.31. The third-order valence-electron chi connectivity index (χ3n) is 4.24. The van der Waals surface area contributed by atoms with E-state index >= 15 is 0 Å². The standard InChI is InChI=1S/C17H21N3O/c1-12-11-19-8-6-14(12)16(20-18)10-13-7-9-21-17-5-3-2-4-15(13)17/h2-6,8,11,13,16,20H,7,9-10,18H2,1H3. The molecule has 1 aromatic carbocycles. The van der Waals surface area contributed by atoms with Crippen molar-refractivity contribution in [3.63, 3.8) is 0 Å². The number of rotatable bonds is 4. The van der Waals surface area contributed by atoms with Gasteiger partial charge >= 0.3 is 0 Å². The number of hydrogen-bond donors (Lipinski definition) is 2. The molecule has 0 bridgehead atoms. The van der Waals surface area contributed by atoms with Gasteiger partial charge in [0.15, 0.2) is 0 Å². The molecule has 2 unspecified atom stereocenters. The highest BCUT2D eigenvalue weighted by molar-refractivity contribution is 5.38. The molecule has 0 amide bonds. The fraction of sp³-hybridized carbons (Fsp3) is 0.353. The number of aromatic nitrogens is 1. The van der Waals surface area contributed by atoms with Gasteiger partial charge in [-0.3, -0.25) is 16.3 Å². The Hall–Kier alpha value is -1.91. The molecule has 4 heteroatoms. The summed E-state index contributed by atoms with van der Waals surface area (Å²) in [4.78, 5) is 4.16. The van der Waals surface area contributed by atoms with Gasteiger partial charge in [0.2, 0.25) is 0 Å². The SMILES string of the molecule is Cc1cnccc1C(CC1CCOc2ccccc21)NN. The minimum atomic E-state index is 0.129. The van der Waals surface area contributed by atoms with Gasteiger partial charge in [0.25, 0.3) is 0 Å². The zero-order valence-corrected chi connectivity index (χ0v) is 12.3. The summed E-state index contributed by atoms with van der Waals surface area (Å²) in [6, 6.07) is 10.5. The van der Waals surface area contributed by atoms with E-state index in [0.717, 1.165) is 25.2 Å². The summed E-state index contributed by atoms with van der Waals surface area (Å²) in [5.74, 6) is 7.28. The zero-order chi connectivity index (χ0) is 14.7. The van der Waals surface area contributed by atoms with Crippen LogP contribution in [0, 0.1) is 6.92 Å². The Morgan fingerprint density at radius 2 is 2.24 bits per heavy atom. The molecule has 21 heavy (non-hydrogen) atoms. The number of para-hydroxylation sites is 1. The van der Waals surface area contributed by atoms with Gasteiger partial charge < -0.3 is 4.74 Å². The lowest BCUT2D eigenvalue weighted by molar-refractivity contribution is 0.255. The molecular weight excluding hydrogens is 262 g/mol. The summed E-state index contributed by atoms with van der Waals surface area (Å²) in [7, 11) is 0. The predicted molar refractivity (Wildman–Crippen MR) is 83.0 cm³/mol. The highest BCUT2D eigenvalue weighted by Crippen LogP contribution is 2.38. The van der Waals surface area contributed by atoms with Crippen molar-refractivity contribution in [1.82, 2.24) is 10.4 Å². The highest BCUT2D eigenvalue weighted by Gasteiger charge is 2.25. The molecule has 1 aromatic heterocycles. The summed E-state index contributed by atoms with van der Waals surface area (Å²) in [6.07, 6.45) is 5.70. The molecule has 2 heterocycles. The van der Waals surface area contributed by atoms with Gasteiger partial charge in [0.05, 0.1) is 6.61 Å². The van der Waals surface area contributed by atoms with Crippen molar-refractivity contribution in [2.45, 2.75) is 31.7 Å². The highest BCUT2D eigenvalue weighted by atomic mass is 16.5. The second kappa shape index (κ2) is 6.24. The summed E-state index contributed by atoms with van der Waals surface area (Å²) < 4.78 is 5.74. The van der Waals surface area contributed by atoms with E-state index in [9.17, 15) is 0 Å². The predicted octanol–water partition coefficient (Wildman–Crippen LogP) is 2.85. The van der Waals surface area contributed by atoms with Crippen molar-refractivity contribution in [2.75, 3.05) is 6.61 Å². The number of pyridine rings is 1. The first-order chi connectivity index (χ1) is 10.3. The molecule has 0 fully saturated rings. The molecule has 3 rings (SSSR count). The number of nitrogens with two attached hydrogens (primary N) is 1. The van der Waals surface area contributed by atoms with Gasteiger partial charge in [-0.25, -0.2) is 0 Å². The normalized spacial score (nSPS) is 18.7. The molecular formula is C17H21N3O. The molecule has 0 aliphatic carbocycles. The topological polar surface area (TPSA) is 60.2 Å². The fourth-order valence-corrected chi connectivity index (χ4v) is 3.11. The van der Waals surface area contributed by atoms with E-state index in [1.807, 2.05) is 30.6 Å². The van der Waals surface area contributed by atoms with Crippen molar-refractivity contribution < 1.29 is 4.74 Å². The van der Waals surface area contributed by atoms with Gasteiger partial charge in [-0.05, 0) is 54.5 Å². The van der Waals surface area contributed by atoms with Crippen molar-refractivity contribution in [3.05, 3.63) is 59.4 Å². The Labute approximate surface area is 125 Å². The summed E-state index contributed by atoms with van der Waals surface area (Å²) in [6.45, 7) is 2.85. The molecule has 110 valence electrons. The van der Waals surface area contributed by atoms with Crippen molar-refractivity contribution in [3.8, 4) is 5.75 Å². The van der Waals surface area contributed by atoms with Crippen LogP contribution in [0.5, 0.6) is 5.75 Å². The average molecular weight is 283 g/mol. The first-order valence-electron chi connectivity index (χ1n) is 7.38. The minimum Gasteiger partial charge on any atom is -0.493 e. The van der Waals surface area contributed by atoms with Gasteiger partial charge in [-0.15, -0.1) is 0 Å². The van der Waals surface area contributed by atoms with E-state index in [2.05, 4.69) is 29.5 Å².